The van der Waals surface area contributed by atoms with E-state index in [4.69, 9.17) is 19.7 Å². The molecule has 2 heterocycles. The second kappa shape index (κ2) is 9.37. The van der Waals surface area contributed by atoms with Crippen molar-refractivity contribution >= 4 is 12.2 Å². The van der Waals surface area contributed by atoms with Gasteiger partial charge in [-0.25, -0.2) is 9.59 Å². The number of hydrogen-bond acceptors (Lipinski definition) is 6. The molecule has 6 atom stereocenters. The van der Waals surface area contributed by atoms with Crippen LogP contribution in [-0.4, -0.2) is 82.8 Å². The zero-order valence-electron chi connectivity index (χ0n) is 20.5. The van der Waals surface area contributed by atoms with Crippen molar-refractivity contribution in [3.05, 3.63) is 0 Å². The highest BCUT2D eigenvalue weighted by Crippen LogP contribution is 2.46. The highest BCUT2D eigenvalue weighted by Gasteiger charge is 2.49. The first-order valence-electron chi connectivity index (χ1n) is 12.0. The highest BCUT2D eigenvalue weighted by molar-refractivity contribution is 5.69. The number of carbonyl (C=O) groups is 2. The van der Waals surface area contributed by atoms with Crippen LogP contribution in [0.5, 0.6) is 0 Å². The molecule has 0 bridgehead atoms. The van der Waals surface area contributed by atoms with Crippen molar-refractivity contribution in [3.8, 4) is 0 Å². The molecule has 0 aromatic heterocycles. The van der Waals surface area contributed by atoms with Crippen LogP contribution in [0.3, 0.4) is 0 Å². The Labute approximate surface area is 192 Å². The number of rotatable bonds is 2. The number of hydrogen-bond donors (Lipinski definition) is 2. The summed E-state index contributed by atoms with van der Waals surface area (Å²) in [5.41, 5.74) is -0.843. The van der Waals surface area contributed by atoms with Gasteiger partial charge >= 0.3 is 12.2 Å². The maximum atomic E-state index is 11.8. The summed E-state index contributed by atoms with van der Waals surface area (Å²) in [5.74, 6) is 2.97. The smallest absolute Gasteiger partial charge is 0.410 e. The fourth-order valence-corrected chi connectivity index (χ4v) is 5.47. The average Bonchev–Trinajstić information content (AvgIpc) is 3.13. The van der Waals surface area contributed by atoms with Crippen LogP contribution in [0.25, 0.3) is 0 Å². The zero-order chi connectivity index (χ0) is 23.8. The zero-order valence-corrected chi connectivity index (χ0v) is 20.5. The first-order chi connectivity index (χ1) is 14.8. The molecular formula is C24H42N2O6. The Morgan fingerprint density at radius 2 is 1.06 bits per heavy atom. The van der Waals surface area contributed by atoms with E-state index in [2.05, 4.69) is 0 Å². The number of amides is 2. The van der Waals surface area contributed by atoms with Gasteiger partial charge in [0.15, 0.2) is 0 Å². The van der Waals surface area contributed by atoms with Crippen molar-refractivity contribution in [3.63, 3.8) is 0 Å². The van der Waals surface area contributed by atoms with Gasteiger partial charge in [-0.3, -0.25) is 0 Å². The molecule has 2 N–H and O–H groups in total. The minimum atomic E-state index is -0.422. The lowest BCUT2D eigenvalue weighted by Crippen LogP contribution is -2.37. The monoisotopic (exact) mass is 454 g/mol. The Morgan fingerprint density at radius 1 is 0.719 bits per heavy atom. The molecule has 2 aliphatic carbocycles. The van der Waals surface area contributed by atoms with E-state index < -0.39 is 11.2 Å². The lowest BCUT2D eigenvalue weighted by Gasteiger charge is -2.37. The molecule has 4 rings (SSSR count). The number of ether oxygens (including phenoxy) is 2. The summed E-state index contributed by atoms with van der Waals surface area (Å²) < 4.78 is 10.7. The van der Waals surface area contributed by atoms with Gasteiger partial charge in [0, 0.05) is 39.4 Å². The van der Waals surface area contributed by atoms with Gasteiger partial charge in [0.05, 0.1) is 0 Å². The van der Waals surface area contributed by atoms with Gasteiger partial charge in [-0.2, -0.15) is 0 Å². The molecule has 0 spiro atoms. The lowest BCUT2D eigenvalue weighted by atomic mass is 9.67. The molecule has 8 heteroatoms. The second-order valence-electron chi connectivity index (χ2n) is 12.0. The van der Waals surface area contributed by atoms with Crippen LogP contribution >= 0.6 is 0 Å². The Kier molecular flexibility index (Phi) is 7.35. The molecule has 0 radical (unpaired) electrons. The van der Waals surface area contributed by atoms with Crippen molar-refractivity contribution in [2.75, 3.05) is 39.4 Å². The topological polar surface area (TPSA) is 99.5 Å². The third-order valence-corrected chi connectivity index (χ3v) is 7.18. The third kappa shape index (κ3) is 5.87. The minimum Gasteiger partial charge on any atom is -0.444 e. The minimum absolute atomic E-state index is 0.210. The summed E-state index contributed by atoms with van der Waals surface area (Å²) in [6.07, 6.45) is 1.69. The van der Waals surface area contributed by atoms with Gasteiger partial charge in [-0.1, -0.05) is 0 Å². The summed E-state index contributed by atoms with van der Waals surface area (Å²) >= 11 is 0. The van der Waals surface area contributed by atoms with Crippen LogP contribution in [0.15, 0.2) is 0 Å². The SMILES string of the molecule is CC(C)(C)OC(=O)N1C[C@@H]2C[C@H](CO)[C@@H]2C1.CC(C)(C)OC(=O)N1C[C@H]2C[C@@H](CO)[C@H]2C1. The fraction of sp³-hybridized carbons (Fsp3) is 0.917. The van der Waals surface area contributed by atoms with Crippen molar-refractivity contribution in [1.82, 2.24) is 9.80 Å². The fourth-order valence-electron chi connectivity index (χ4n) is 5.47. The molecule has 32 heavy (non-hydrogen) atoms. The standard InChI is InChI=1S/2C12H21NO3/c2*1-12(2,3)16-11(15)13-5-8-4-9(7-14)10(8)6-13/h2*8-10,14H,4-7H2,1-3H3/t2*8-,9+,10+/m10/s1. The molecule has 4 fully saturated rings. The first kappa shape index (κ1) is 25.1. The lowest BCUT2D eigenvalue weighted by molar-refractivity contribution is 0.0273. The van der Waals surface area contributed by atoms with E-state index in [9.17, 15) is 9.59 Å². The normalized spacial score (nSPS) is 33.2. The van der Waals surface area contributed by atoms with Gasteiger partial charge < -0.3 is 29.5 Å². The molecule has 0 aromatic rings. The molecular weight excluding hydrogens is 412 g/mol. The van der Waals surface area contributed by atoms with E-state index in [0.29, 0.717) is 35.5 Å². The Morgan fingerprint density at radius 3 is 1.34 bits per heavy atom. The van der Waals surface area contributed by atoms with Gasteiger partial charge in [-0.05, 0) is 89.9 Å². The summed E-state index contributed by atoms with van der Waals surface area (Å²) in [5, 5.41) is 18.2. The molecule has 4 aliphatic rings. The quantitative estimate of drug-likeness (QED) is 0.666. The van der Waals surface area contributed by atoms with Crippen LogP contribution < -0.4 is 0 Å². The summed E-state index contributed by atoms with van der Waals surface area (Å²) in [7, 11) is 0. The Balaban J connectivity index is 0.000000181. The van der Waals surface area contributed by atoms with Crippen LogP contribution in [0.2, 0.25) is 0 Å². The second-order valence-corrected chi connectivity index (χ2v) is 12.0. The number of nitrogens with zero attached hydrogens (tertiary/aromatic N) is 2. The van der Waals surface area contributed by atoms with Crippen molar-refractivity contribution < 1.29 is 29.3 Å². The number of likely N-dealkylation sites (tertiary alicyclic amines) is 2. The number of aliphatic hydroxyl groups excluding tert-OH is 2. The first-order valence-corrected chi connectivity index (χ1v) is 12.0. The largest absolute Gasteiger partial charge is 0.444 e. The van der Waals surface area contributed by atoms with E-state index >= 15 is 0 Å². The molecule has 2 aliphatic heterocycles. The Bertz CT molecular complexity index is 627. The number of carbonyl (C=O) groups excluding carboxylic acids is 2. The van der Waals surface area contributed by atoms with E-state index in [-0.39, 0.29) is 25.4 Å². The van der Waals surface area contributed by atoms with Crippen LogP contribution in [0.1, 0.15) is 54.4 Å². The van der Waals surface area contributed by atoms with E-state index in [1.807, 2.05) is 41.5 Å². The maximum absolute atomic E-state index is 11.8. The number of fused-ring (bicyclic) bond motifs is 2. The molecule has 184 valence electrons. The van der Waals surface area contributed by atoms with Crippen LogP contribution in [0.4, 0.5) is 9.59 Å². The van der Waals surface area contributed by atoms with E-state index in [1.54, 1.807) is 9.80 Å². The van der Waals surface area contributed by atoms with Gasteiger partial charge in [0.2, 0.25) is 0 Å². The molecule has 0 aromatic carbocycles. The molecule has 2 amide bonds. The molecule has 0 unspecified atom stereocenters. The molecule has 8 nitrogen and oxygen atoms in total. The molecule has 2 saturated carbocycles. The molecule has 2 saturated heterocycles. The van der Waals surface area contributed by atoms with Crippen molar-refractivity contribution in [2.24, 2.45) is 35.5 Å². The summed E-state index contributed by atoms with van der Waals surface area (Å²) in [6, 6.07) is 0. The third-order valence-electron chi connectivity index (χ3n) is 7.18. The number of aliphatic hydroxyl groups is 2. The van der Waals surface area contributed by atoms with E-state index in [1.165, 1.54) is 0 Å². The summed E-state index contributed by atoms with van der Waals surface area (Å²) in [6.45, 7) is 14.9. The predicted molar refractivity (Wildman–Crippen MR) is 120 cm³/mol. The average molecular weight is 455 g/mol. The van der Waals surface area contributed by atoms with Gasteiger partial charge in [0.25, 0.3) is 0 Å². The van der Waals surface area contributed by atoms with Gasteiger partial charge in [0.1, 0.15) is 11.2 Å². The predicted octanol–water partition coefficient (Wildman–Crippen LogP) is 2.96. The van der Waals surface area contributed by atoms with E-state index in [0.717, 1.165) is 39.0 Å². The van der Waals surface area contributed by atoms with Crippen LogP contribution in [0, 0.1) is 35.5 Å². The Hall–Kier alpha value is -1.54. The van der Waals surface area contributed by atoms with Crippen molar-refractivity contribution in [2.45, 2.75) is 65.6 Å². The van der Waals surface area contributed by atoms with Crippen LogP contribution in [-0.2, 0) is 9.47 Å². The maximum Gasteiger partial charge on any atom is 0.410 e. The highest BCUT2D eigenvalue weighted by atomic mass is 16.6. The van der Waals surface area contributed by atoms with Crippen molar-refractivity contribution in [1.29, 1.82) is 0 Å². The summed E-state index contributed by atoms with van der Waals surface area (Å²) in [4.78, 5) is 27.2. The van der Waals surface area contributed by atoms with Gasteiger partial charge in [-0.15, -0.1) is 0 Å².